The molecule has 0 unspecified atom stereocenters. The maximum Gasteiger partial charge on any atom is 2.00 e. The molecule has 0 N–H and O–H groups in total. The third-order valence-electron chi connectivity index (χ3n) is 0. The van der Waals surface area contributed by atoms with Gasteiger partial charge in [-0.05, 0) is 12.3 Å². The van der Waals surface area contributed by atoms with Crippen LogP contribution in [0, 0.1) is 0 Å². The van der Waals surface area contributed by atoms with E-state index >= 15 is 0 Å². The van der Waals surface area contributed by atoms with E-state index in [2.05, 4.69) is 0 Å². The Bertz CT molecular complexity index is 73.7. The maximum atomic E-state index is 8.33. The Hall–Kier alpha value is 1.37. The predicted octanol–water partition coefficient (Wildman–Crippen LogP) is -5.66. The minimum atomic E-state index is -2.33. The van der Waals surface area contributed by atoms with Gasteiger partial charge in [0.25, 0.3) is 0 Å². The molecule has 0 aliphatic heterocycles. The van der Waals surface area contributed by atoms with Crippen molar-refractivity contribution in [1.82, 2.24) is 0 Å². The van der Waals surface area contributed by atoms with E-state index in [0.29, 0.717) is 0 Å². The molecule has 0 rings (SSSR count). The van der Waals surface area contributed by atoms with E-state index in [4.69, 9.17) is 30.0 Å². The second kappa shape index (κ2) is 16.8. The molecule has 0 aromatic heterocycles. The monoisotopic (exact) mass is 298 g/mol. The smallest absolute Gasteiger partial charge is 0.652 e. The zero-order valence-electron chi connectivity index (χ0n) is 4.86. The van der Waals surface area contributed by atoms with Crippen LogP contribution in [0.15, 0.2) is 0 Å². The molecular formula is C2BaCaO6. The summed E-state index contributed by atoms with van der Waals surface area (Å²) < 4.78 is 0. The summed E-state index contributed by atoms with van der Waals surface area (Å²) in [5.41, 5.74) is 0. The molecular weight excluding hydrogens is 297 g/mol. The number of hydrogen-bond acceptors (Lipinski definition) is 6. The van der Waals surface area contributed by atoms with Crippen LogP contribution >= 0.6 is 0 Å². The van der Waals surface area contributed by atoms with Crippen LogP contribution in [0.25, 0.3) is 0 Å². The van der Waals surface area contributed by atoms with Crippen molar-refractivity contribution in [3.05, 3.63) is 0 Å². The van der Waals surface area contributed by atoms with Crippen LogP contribution in [0.3, 0.4) is 0 Å². The number of hydrogen-bond donors (Lipinski definition) is 0. The second-order valence-corrected chi connectivity index (χ2v) is 0.500. The molecule has 0 fully saturated rings. The molecule has 48 valence electrons. The molecule has 0 heterocycles. The number of carbonyl (C=O) groups excluding carboxylic acids is 2. The van der Waals surface area contributed by atoms with E-state index in [0.717, 1.165) is 0 Å². The van der Waals surface area contributed by atoms with Crippen molar-refractivity contribution in [2.24, 2.45) is 0 Å². The molecule has 0 saturated carbocycles. The predicted molar refractivity (Wildman–Crippen MR) is 22.3 cm³/mol. The fraction of sp³-hybridized carbons (Fsp3) is 0. The molecule has 0 atom stereocenters. The van der Waals surface area contributed by atoms with E-state index in [9.17, 15) is 0 Å². The van der Waals surface area contributed by atoms with Crippen molar-refractivity contribution in [3.8, 4) is 0 Å². The van der Waals surface area contributed by atoms with E-state index in [1.165, 1.54) is 0 Å². The first-order chi connectivity index (χ1) is 3.46. The molecule has 6 nitrogen and oxygen atoms in total. The van der Waals surface area contributed by atoms with Crippen LogP contribution in [-0.2, 0) is 0 Å². The Morgan fingerprint density at radius 1 is 0.800 bits per heavy atom. The number of carbonyl (C=O) groups is 2. The first kappa shape index (κ1) is 22.5. The van der Waals surface area contributed by atoms with Gasteiger partial charge in [-0.3, -0.25) is 0 Å². The Labute approximate surface area is 126 Å². The van der Waals surface area contributed by atoms with Crippen LogP contribution < -0.4 is 20.4 Å². The van der Waals surface area contributed by atoms with Gasteiger partial charge in [-0.1, -0.05) is 0 Å². The van der Waals surface area contributed by atoms with Crippen molar-refractivity contribution in [1.29, 1.82) is 0 Å². The Kier molecular flexibility index (Phi) is 37.7. The Morgan fingerprint density at radius 3 is 0.800 bits per heavy atom. The minimum Gasteiger partial charge on any atom is -0.652 e. The minimum absolute atomic E-state index is 0. The SMILES string of the molecule is O=C([O-])[O-].O=C([O-])[O-].[Ba+2].[Ca+2]. The van der Waals surface area contributed by atoms with Gasteiger partial charge in [0.15, 0.2) is 0 Å². The van der Waals surface area contributed by atoms with Gasteiger partial charge >= 0.3 is 86.6 Å². The van der Waals surface area contributed by atoms with Gasteiger partial charge < -0.3 is 30.0 Å². The van der Waals surface area contributed by atoms with Crippen LogP contribution in [-0.4, -0.2) is 98.9 Å². The van der Waals surface area contributed by atoms with Gasteiger partial charge in [0.1, 0.15) is 0 Å². The summed E-state index contributed by atoms with van der Waals surface area (Å²) in [6, 6.07) is 0. The van der Waals surface area contributed by atoms with Gasteiger partial charge in [-0.25, -0.2) is 0 Å². The normalized spacial score (nSPS) is 4.80. The molecule has 0 spiro atoms. The van der Waals surface area contributed by atoms with E-state index in [1.807, 2.05) is 0 Å². The van der Waals surface area contributed by atoms with Crippen LogP contribution in [0.4, 0.5) is 9.59 Å². The first-order valence-corrected chi connectivity index (χ1v) is 1.22. The summed E-state index contributed by atoms with van der Waals surface area (Å²) in [5, 5.41) is 33.3. The van der Waals surface area contributed by atoms with E-state index in [1.54, 1.807) is 0 Å². The summed E-state index contributed by atoms with van der Waals surface area (Å²) >= 11 is 0. The van der Waals surface area contributed by atoms with Gasteiger partial charge in [0.05, 0.1) is 0 Å². The zero-order valence-corrected chi connectivity index (χ0v) is 11.5. The third kappa shape index (κ3) is 349. The van der Waals surface area contributed by atoms with Gasteiger partial charge in [0.2, 0.25) is 0 Å². The second-order valence-electron chi connectivity index (χ2n) is 0.500. The fourth-order valence-corrected chi connectivity index (χ4v) is 0. The molecule has 10 heavy (non-hydrogen) atoms. The topological polar surface area (TPSA) is 126 Å². The van der Waals surface area contributed by atoms with Crippen LogP contribution in [0.2, 0.25) is 0 Å². The van der Waals surface area contributed by atoms with Crippen molar-refractivity contribution < 1.29 is 30.0 Å². The first-order valence-electron chi connectivity index (χ1n) is 1.22. The third-order valence-corrected chi connectivity index (χ3v) is 0. The average Bonchev–Trinajstić information content (AvgIpc) is 1.25. The summed E-state index contributed by atoms with van der Waals surface area (Å²) in [5.74, 6) is 0. The van der Waals surface area contributed by atoms with Gasteiger partial charge in [-0.2, -0.15) is 0 Å². The molecule has 0 aliphatic rings. The summed E-state index contributed by atoms with van der Waals surface area (Å²) in [6.45, 7) is 0. The molecule has 0 aliphatic carbocycles. The van der Waals surface area contributed by atoms with Gasteiger partial charge in [-0.15, -0.1) is 0 Å². The number of carboxylic acid groups (broad SMARTS) is 4. The molecule has 0 aromatic carbocycles. The Morgan fingerprint density at radius 2 is 0.800 bits per heavy atom. The molecule has 0 radical (unpaired) electrons. The largest absolute Gasteiger partial charge is 2.00 e. The van der Waals surface area contributed by atoms with Crippen molar-refractivity contribution in [3.63, 3.8) is 0 Å². The maximum absolute atomic E-state index is 8.33. The van der Waals surface area contributed by atoms with Crippen molar-refractivity contribution in [2.45, 2.75) is 0 Å². The molecule has 0 bridgehead atoms. The molecule has 0 aromatic rings. The van der Waals surface area contributed by atoms with Crippen LogP contribution in [0.5, 0.6) is 0 Å². The summed E-state index contributed by atoms with van der Waals surface area (Å²) in [7, 11) is 0. The quantitative estimate of drug-likeness (QED) is 0.410. The molecule has 8 heteroatoms. The molecule has 0 saturated heterocycles. The van der Waals surface area contributed by atoms with Crippen molar-refractivity contribution in [2.75, 3.05) is 0 Å². The number of rotatable bonds is 0. The fourth-order valence-electron chi connectivity index (χ4n) is 0. The van der Waals surface area contributed by atoms with E-state index < -0.39 is 12.3 Å². The van der Waals surface area contributed by atoms with E-state index in [-0.39, 0.29) is 86.6 Å². The summed E-state index contributed by atoms with van der Waals surface area (Å²) in [4.78, 5) is 16.7. The Balaban J connectivity index is -0.0000000300. The average molecular weight is 297 g/mol. The zero-order chi connectivity index (χ0) is 7.15. The van der Waals surface area contributed by atoms with Crippen LogP contribution in [0.1, 0.15) is 0 Å². The van der Waals surface area contributed by atoms with Gasteiger partial charge in [0, 0.05) is 0 Å². The summed E-state index contributed by atoms with van der Waals surface area (Å²) in [6.07, 6.45) is -4.67. The van der Waals surface area contributed by atoms with Crippen molar-refractivity contribution >= 4 is 98.9 Å². The molecule has 0 amide bonds. The standard InChI is InChI=1S/2CH2O3.Ba.Ca/c2*2-1(3)4;;/h2*(H2,2,3,4);;/q;;2*+2/p-4.